The minimum Gasteiger partial charge on any atom is -0.430 e. The minimum absolute atomic E-state index is 0.137. The molecule has 0 aromatic rings. The number of hydrogen-bond donors (Lipinski definition) is 0. The van der Waals surface area contributed by atoms with Crippen molar-refractivity contribution in [2.75, 3.05) is 5.33 Å². The fourth-order valence-electron chi connectivity index (χ4n) is 0.717. The van der Waals surface area contributed by atoms with Crippen LogP contribution in [-0.4, -0.2) is 11.3 Å². The molecular weight excluding hydrogens is 184 g/mol. The Morgan fingerprint density at radius 1 is 1.78 bits per heavy atom. The van der Waals surface area contributed by atoms with Crippen LogP contribution in [0.15, 0.2) is 11.3 Å². The lowest BCUT2D eigenvalue weighted by atomic mass is 10.2. The smallest absolute Gasteiger partial charge is 0.315 e. The summed E-state index contributed by atoms with van der Waals surface area (Å²) < 4.78 is 4.82. The highest BCUT2D eigenvalue weighted by Gasteiger charge is 2.18. The standard InChI is InChI=1S/C6H7BrO2/c1-4-2-6(8)9-5(4)3-7/h2-3H2,1H3. The zero-order valence-corrected chi connectivity index (χ0v) is 6.69. The summed E-state index contributed by atoms with van der Waals surface area (Å²) in [6, 6.07) is 0. The van der Waals surface area contributed by atoms with Crippen LogP contribution in [0.4, 0.5) is 0 Å². The van der Waals surface area contributed by atoms with E-state index in [0.29, 0.717) is 11.8 Å². The molecule has 0 amide bonds. The molecule has 0 bridgehead atoms. The topological polar surface area (TPSA) is 26.3 Å². The van der Waals surface area contributed by atoms with E-state index in [0.717, 1.165) is 11.3 Å². The van der Waals surface area contributed by atoms with Gasteiger partial charge in [0.1, 0.15) is 5.76 Å². The lowest BCUT2D eigenvalue weighted by molar-refractivity contribution is -0.136. The number of ether oxygens (including phenoxy) is 1. The first-order valence-corrected chi connectivity index (χ1v) is 3.81. The highest BCUT2D eigenvalue weighted by atomic mass is 79.9. The van der Waals surface area contributed by atoms with Gasteiger partial charge in [-0.05, 0) is 12.5 Å². The predicted octanol–water partition coefficient (Wildman–Crippen LogP) is 1.60. The second kappa shape index (κ2) is 2.52. The van der Waals surface area contributed by atoms with Crippen LogP contribution in [0.3, 0.4) is 0 Å². The maximum atomic E-state index is 10.5. The van der Waals surface area contributed by atoms with Gasteiger partial charge in [0.05, 0.1) is 11.8 Å². The Morgan fingerprint density at radius 2 is 2.44 bits per heavy atom. The summed E-state index contributed by atoms with van der Waals surface area (Å²) in [7, 11) is 0. The van der Waals surface area contributed by atoms with Gasteiger partial charge in [-0.15, -0.1) is 0 Å². The SMILES string of the molecule is CC1=C(CBr)OC(=O)C1. The number of esters is 1. The van der Waals surface area contributed by atoms with Crippen LogP contribution < -0.4 is 0 Å². The van der Waals surface area contributed by atoms with Crippen molar-refractivity contribution in [3.05, 3.63) is 11.3 Å². The summed E-state index contributed by atoms with van der Waals surface area (Å²) in [5, 5.41) is 0.643. The third-order valence-corrected chi connectivity index (χ3v) is 1.75. The maximum absolute atomic E-state index is 10.5. The highest BCUT2D eigenvalue weighted by Crippen LogP contribution is 2.20. The molecule has 50 valence electrons. The Labute approximate surface area is 62.0 Å². The third kappa shape index (κ3) is 1.33. The molecule has 1 aliphatic heterocycles. The number of carbonyl (C=O) groups excluding carboxylic acids is 1. The van der Waals surface area contributed by atoms with Gasteiger partial charge in [0, 0.05) is 0 Å². The number of rotatable bonds is 1. The molecule has 0 radical (unpaired) electrons. The normalized spacial score (nSPS) is 18.7. The van der Waals surface area contributed by atoms with Crippen LogP contribution in [0.5, 0.6) is 0 Å². The first-order valence-electron chi connectivity index (χ1n) is 2.69. The van der Waals surface area contributed by atoms with Gasteiger partial charge in [0.2, 0.25) is 0 Å². The Bertz CT molecular complexity index is 172. The van der Waals surface area contributed by atoms with Gasteiger partial charge >= 0.3 is 5.97 Å². The Hall–Kier alpha value is -0.310. The lowest BCUT2D eigenvalue weighted by Crippen LogP contribution is -1.93. The fourth-order valence-corrected chi connectivity index (χ4v) is 1.31. The summed E-state index contributed by atoms with van der Waals surface area (Å²) in [6.45, 7) is 1.90. The number of carbonyl (C=O) groups is 1. The van der Waals surface area contributed by atoms with Gasteiger partial charge in [-0.3, -0.25) is 4.79 Å². The van der Waals surface area contributed by atoms with Gasteiger partial charge in [0.15, 0.2) is 0 Å². The third-order valence-electron chi connectivity index (χ3n) is 1.24. The van der Waals surface area contributed by atoms with E-state index in [2.05, 4.69) is 15.9 Å². The Kier molecular flexibility index (Phi) is 1.90. The van der Waals surface area contributed by atoms with Crippen LogP contribution in [0.2, 0.25) is 0 Å². The monoisotopic (exact) mass is 190 g/mol. The molecule has 2 nitrogen and oxygen atoms in total. The molecule has 0 aliphatic carbocycles. The molecule has 0 N–H and O–H groups in total. The van der Waals surface area contributed by atoms with E-state index >= 15 is 0 Å². The molecule has 0 spiro atoms. The van der Waals surface area contributed by atoms with E-state index < -0.39 is 0 Å². The predicted molar refractivity (Wildman–Crippen MR) is 37.2 cm³/mol. The lowest BCUT2D eigenvalue weighted by Gasteiger charge is -1.93. The summed E-state index contributed by atoms with van der Waals surface area (Å²) in [5.74, 6) is 0.641. The number of allylic oxidation sites excluding steroid dienone is 1. The second-order valence-electron chi connectivity index (χ2n) is 1.99. The molecule has 0 atom stereocenters. The van der Waals surface area contributed by atoms with Crippen molar-refractivity contribution in [3.8, 4) is 0 Å². The van der Waals surface area contributed by atoms with E-state index in [4.69, 9.17) is 4.74 Å². The van der Waals surface area contributed by atoms with Crippen molar-refractivity contribution in [2.24, 2.45) is 0 Å². The molecule has 1 aliphatic rings. The molecule has 3 heteroatoms. The highest BCUT2D eigenvalue weighted by molar-refractivity contribution is 9.09. The van der Waals surface area contributed by atoms with E-state index in [1.54, 1.807) is 0 Å². The molecule has 0 unspecified atom stereocenters. The largest absolute Gasteiger partial charge is 0.430 e. The van der Waals surface area contributed by atoms with E-state index in [9.17, 15) is 4.79 Å². The molecular formula is C6H7BrO2. The first kappa shape index (κ1) is 6.81. The molecule has 0 aromatic heterocycles. The van der Waals surface area contributed by atoms with Crippen LogP contribution in [0.1, 0.15) is 13.3 Å². The van der Waals surface area contributed by atoms with Crippen LogP contribution in [0.25, 0.3) is 0 Å². The number of cyclic esters (lactones) is 1. The Balaban J connectivity index is 2.69. The summed E-state index contributed by atoms with van der Waals surface area (Å²) in [4.78, 5) is 10.5. The van der Waals surface area contributed by atoms with Gasteiger partial charge in [-0.25, -0.2) is 0 Å². The zero-order chi connectivity index (χ0) is 6.85. The summed E-state index contributed by atoms with van der Waals surface area (Å²) in [5.41, 5.74) is 1.04. The van der Waals surface area contributed by atoms with Gasteiger partial charge in [0.25, 0.3) is 0 Å². The fraction of sp³-hybridized carbons (Fsp3) is 0.500. The van der Waals surface area contributed by atoms with Crippen molar-refractivity contribution >= 4 is 21.9 Å². The van der Waals surface area contributed by atoms with E-state index in [1.807, 2.05) is 6.92 Å². The number of alkyl halides is 1. The average Bonchev–Trinajstić information content (AvgIpc) is 2.10. The molecule has 1 rings (SSSR count). The Morgan fingerprint density at radius 3 is 2.67 bits per heavy atom. The van der Waals surface area contributed by atoms with Gasteiger partial charge in [-0.1, -0.05) is 15.9 Å². The summed E-state index contributed by atoms with van der Waals surface area (Å²) >= 11 is 3.21. The molecule has 9 heavy (non-hydrogen) atoms. The molecule has 0 saturated carbocycles. The first-order chi connectivity index (χ1) is 4.24. The second-order valence-corrected chi connectivity index (χ2v) is 2.55. The van der Waals surface area contributed by atoms with Gasteiger partial charge in [-0.2, -0.15) is 0 Å². The molecule has 1 heterocycles. The number of hydrogen-bond acceptors (Lipinski definition) is 2. The van der Waals surface area contributed by atoms with Gasteiger partial charge < -0.3 is 4.74 Å². The summed E-state index contributed by atoms with van der Waals surface area (Å²) in [6.07, 6.45) is 0.459. The van der Waals surface area contributed by atoms with Crippen molar-refractivity contribution in [2.45, 2.75) is 13.3 Å². The zero-order valence-electron chi connectivity index (χ0n) is 5.11. The van der Waals surface area contributed by atoms with Crippen molar-refractivity contribution < 1.29 is 9.53 Å². The molecule has 0 aromatic carbocycles. The van der Waals surface area contributed by atoms with Crippen molar-refractivity contribution in [1.29, 1.82) is 0 Å². The molecule has 0 fully saturated rings. The van der Waals surface area contributed by atoms with Crippen LogP contribution >= 0.6 is 15.9 Å². The number of halogens is 1. The van der Waals surface area contributed by atoms with E-state index in [1.165, 1.54) is 0 Å². The van der Waals surface area contributed by atoms with Crippen molar-refractivity contribution in [3.63, 3.8) is 0 Å². The minimum atomic E-state index is -0.137. The van der Waals surface area contributed by atoms with Crippen LogP contribution in [-0.2, 0) is 9.53 Å². The van der Waals surface area contributed by atoms with Crippen LogP contribution in [0, 0.1) is 0 Å². The van der Waals surface area contributed by atoms with E-state index in [-0.39, 0.29) is 5.97 Å². The molecule has 0 saturated heterocycles. The maximum Gasteiger partial charge on any atom is 0.315 e. The van der Waals surface area contributed by atoms with Crippen molar-refractivity contribution in [1.82, 2.24) is 0 Å². The quantitative estimate of drug-likeness (QED) is 0.464. The average molecular weight is 191 g/mol.